The van der Waals surface area contributed by atoms with E-state index in [0.29, 0.717) is 22.5 Å². The van der Waals surface area contributed by atoms with E-state index in [1.54, 1.807) is 45.3 Å². The molecule has 0 saturated carbocycles. The maximum Gasteiger partial charge on any atom is 0.258 e. The second-order valence-corrected chi connectivity index (χ2v) is 9.99. The Balaban J connectivity index is 1.56. The van der Waals surface area contributed by atoms with Crippen LogP contribution in [0.4, 0.5) is 0 Å². The molecule has 6 heterocycles. The molecule has 6 rings (SSSR count). The minimum Gasteiger partial charge on any atom is -0.320 e. The molecule has 0 unspecified atom stereocenters. The van der Waals surface area contributed by atoms with Crippen molar-refractivity contribution in [1.82, 2.24) is 10.6 Å². The Morgan fingerprint density at radius 3 is 1.54 bits per heavy atom. The summed E-state index contributed by atoms with van der Waals surface area (Å²) >= 11 is 6.51. The van der Waals surface area contributed by atoms with E-state index in [-0.39, 0.29) is 11.8 Å². The maximum atomic E-state index is 12.7. The third-order valence-electron chi connectivity index (χ3n) is 4.45. The fourth-order valence-electron chi connectivity index (χ4n) is 3.33. The largest absolute Gasteiger partial charge is 0.320 e. The summed E-state index contributed by atoms with van der Waals surface area (Å²) in [5.74, 6) is -0.422. The van der Waals surface area contributed by atoms with Crippen molar-refractivity contribution in [2.24, 2.45) is 0 Å². The van der Waals surface area contributed by atoms with E-state index in [9.17, 15) is 9.59 Å². The summed E-state index contributed by atoms with van der Waals surface area (Å²) in [6, 6.07) is 8.21. The molecule has 26 heavy (non-hydrogen) atoms. The Morgan fingerprint density at radius 2 is 1.12 bits per heavy atom. The molecule has 0 saturated heterocycles. The van der Waals surface area contributed by atoms with Crippen LogP contribution in [-0.4, -0.2) is 11.8 Å². The van der Waals surface area contributed by atoms with Crippen LogP contribution in [0.5, 0.6) is 0 Å². The van der Waals surface area contributed by atoms with Gasteiger partial charge in [-0.05, 0) is 35.0 Å². The first kappa shape index (κ1) is 14.9. The van der Waals surface area contributed by atoms with Crippen molar-refractivity contribution >= 4 is 87.4 Å². The summed E-state index contributed by atoms with van der Waals surface area (Å²) in [6.45, 7) is 0. The quantitative estimate of drug-likeness (QED) is 0.505. The molecule has 0 bridgehead atoms. The Hall–Kier alpha value is -2.26. The Kier molecular flexibility index (Phi) is 2.94. The SMILES string of the molecule is O=C1NC(c2cc3sccc3s2)=C2C(=O)NC(c3cc4sccc4s3)=C12. The lowest BCUT2D eigenvalue weighted by Gasteiger charge is -2.03. The molecule has 0 fully saturated rings. The molecule has 126 valence electrons. The number of nitrogens with one attached hydrogen (secondary N) is 2. The average Bonchev–Trinajstić information content (AvgIpc) is 3.35. The number of amides is 2. The second-order valence-electron chi connectivity index (χ2n) is 5.93. The Labute approximate surface area is 163 Å². The summed E-state index contributed by atoms with van der Waals surface area (Å²) in [5, 5.41) is 9.94. The molecule has 0 aliphatic carbocycles. The molecule has 4 aromatic rings. The highest BCUT2D eigenvalue weighted by Gasteiger charge is 2.41. The van der Waals surface area contributed by atoms with E-state index in [4.69, 9.17) is 0 Å². The van der Waals surface area contributed by atoms with E-state index < -0.39 is 0 Å². The number of hydrogen-bond donors (Lipinski definition) is 2. The molecular formula is C18H8N2O2S4. The molecule has 4 aromatic heterocycles. The number of hydrogen-bond acceptors (Lipinski definition) is 6. The summed E-state index contributed by atoms with van der Waals surface area (Å²) in [5.41, 5.74) is 2.19. The van der Waals surface area contributed by atoms with Gasteiger partial charge >= 0.3 is 0 Å². The molecule has 2 aliphatic rings. The van der Waals surface area contributed by atoms with Crippen LogP contribution in [0.2, 0.25) is 0 Å². The van der Waals surface area contributed by atoms with Crippen LogP contribution in [0.3, 0.4) is 0 Å². The van der Waals surface area contributed by atoms with Gasteiger partial charge in [0, 0.05) is 18.8 Å². The van der Waals surface area contributed by atoms with Gasteiger partial charge in [0.1, 0.15) is 0 Å². The van der Waals surface area contributed by atoms with Crippen LogP contribution < -0.4 is 10.6 Å². The van der Waals surface area contributed by atoms with E-state index in [1.165, 1.54) is 18.8 Å². The molecule has 4 nitrogen and oxygen atoms in total. The molecule has 0 radical (unpaired) electrons. The van der Waals surface area contributed by atoms with Crippen molar-refractivity contribution in [2.75, 3.05) is 0 Å². The predicted octanol–water partition coefficient (Wildman–Crippen LogP) is 4.62. The zero-order valence-corrected chi connectivity index (χ0v) is 16.2. The van der Waals surface area contributed by atoms with Crippen LogP contribution in [0.1, 0.15) is 9.75 Å². The lowest BCUT2D eigenvalue weighted by molar-refractivity contribution is -0.117. The normalized spacial score (nSPS) is 16.9. The molecule has 2 amide bonds. The molecule has 0 atom stereocenters. The number of rotatable bonds is 2. The first-order valence-electron chi connectivity index (χ1n) is 7.75. The summed E-state index contributed by atoms with van der Waals surface area (Å²) in [4.78, 5) is 27.2. The zero-order valence-electron chi connectivity index (χ0n) is 12.9. The van der Waals surface area contributed by atoms with Crippen LogP contribution in [0, 0.1) is 0 Å². The van der Waals surface area contributed by atoms with Gasteiger partial charge in [-0.3, -0.25) is 9.59 Å². The number of carbonyl (C=O) groups excluding carboxylic acids is 2. The van der Waals surface area contributed by atoms with Gasteiger partial charge in [0.05, 0.1) is 32.3 Å². The van der Waals surface area contributed by atoms with Crippen LogP contribution >= 0.6 is 45.3 Å². The average molecular weight is 413 g/mol. The minimum atomic E-state index is -0.211. The third-order valence-corrected chi connectivity index (χ3v) is 8.67. The molecule has 0 aromatic carbocycles. The van der Waals surface area contributed by atoms with Crippen molar-refractivity contribution in [3.05, 3.63) is 55.9 Å². The Morgan fingerprint density at radius 1 is 0.654 bits per heavy atom. The first-order valence-corrected chi connectivity index (χ1v) is 11.1. The molecule has 2 N–H and O–H groups in total. The van der Waals surface area contributed by atoms with Gasteiger partial charge in [-0.2, -0.15) is 0 Å². The van der Waals surface area contributed by atoms with Crippen molar-refractivity contribution in [3.63, 3.8) is 0 Å². The van der Waals surface area contributed by atoms with Gasteiger partial charge in [0.25, 0.3) is 11.8 Å². The number of fused-ring (bicyclic) bond motifs is 3. The van der Waals surface area contributed by atoms with Crippen LogP contribution in [0.25, 0.3) is 30.2 Å². The zero-order chi connectivity index (χ0) is 17.4. The third kappa shape index (κ3) is 1.92. The highest BCUT2D eigenvalue weighted by Crippen LogP contribution is 2.43. The van der Waals surface area contributed by atoms with Gasteiger partial charge in [-0.1, -0.05) is 0 Å². The van der Waals surface area contributed by atoms with Gasteiger partial charge in [-0.25, -0.2) is 0 Å². The molecule has 8 heteroatoms. The standard InChI is InChI=1S/C18H8N2O2S4/c21-17-13-14(16(20-17)12-6-10-8(26-12)2-4-24-10)18(22)19-15(13)11-5-9-7(25-11)1-3-23-9/h1-6H,(H,19,22)(H,20,21). The lowest BCUT2D eigenvalue weighted by atomic mass is 10.1. The van der Waals surface area contributed by atoms with Crippen molar-refractivity contribution in [3.8, 4) is 0 Å². The molecule has 0 spiro atoms. The van der Waals surface area contributed by atoms with E-state index in [2.05, 4.69) is 22.8 Å². The summed E-state index contributed by atoms with van der Waals surface area (Å²) < 4.78 is 4.67. The van der Waals surface area contributed by atoms with Crippen molar-refractivity contribution in [1.29, 1.82) is 0 Å². The van der Waals surface area contributed by atoms with E-state index in [1.807, 2.05) is 22.9 Å². The fraction of sp³-hybridized carbons (Fsp3) is 0. The van der Waals surface area contributed by atoms with Crippen molar-refractivity contribution < 1.29 is 9.59 Å². The summed E-state index contributed by atoms with van der Waals surface area (Å²) in [7, 11) is 0. The highest BCUT2D eigenvalue weighted by atomic mass is 32.1. The molecule has 2 aliphatic heterocycles. The highest BCUT2D eigenvalue weighted by molar-refractivity contribution is 7.28. The fourth-order valence-corrected chi connectivity index (χ4v) is 7.56. The van der Waals surface area contributed by atoms with Crippen molar-refractivity contribution in [2.45, 2.75) is 0 Å². The van der Waals surface area contributed by atoms with Crippen LogP contribution in [0.15, 0.2) is 46.2 Å². The van der Waals surface area contributed by atoms with Crippen LogP contribution in [-0.2, 0) is 9.59 Å². The second kappa shape index (κ2) is 5.14. The van der Waals surface area contributed by atoms with Gasteiger partial charge in [-0.15, -0.1) is 45.3 Å². The maximum absolute atomic E-state index is 12.7. The summed E-state index contributed by atoms with van der Waals surface area (Å²) in [6.07, 6.45) is 0. The topological polar surface area (TPSA) is 58.2 Å². The predicted molar refractivity (Wildman–Crippen MR) is 110 cm³/mol. The lowest BCUT2D eigenvalue weighted by Crippen LogP contribution is -2.20. The monoisotopic (exact) mass is 412 g/mol. The smallest absolute Gasteiger partial charge is 0.258 e. The van der Waals surface area contributed by atoms with Gasteiger partial charge < -0.3 is 10.6 Å². The van der Waals surface area contributed by atoms with E-state index >= 15 is 0 Å². The van der Waals surface area contributed by atoms with E-state index in [0.717, 1.165) is 9.75 Å². The van der Waals surface area contributed by atoms with Gasteiger partial charge in [0.15, 0.2) is 0 Å². The molecular weight excluding hydrogens is 404 g/mol. The minimum absolute atomic E-state index is 0.211. The number of carbonyl (C=O) groups is 2. The van der Waals surface area contributed by atoms with Gasteiger partial charge in [0.2, 0.25) is 0 Å². The Bertz CT molecular complexity index is 1170. The first-order chi connectivity index (χ1) is 12.7. The number of thiophene rings is 4.